The van der Waals surface area contributed by atoms with Crippen molar-refractivity contribution in [2.45, 2.75) is 6.18 Å². The molecule has 0 aliphatic carbocycles. The highest BCUT2D eigenvalue weighted by molar-refractivity contribution is 5.17. The molecule has 1 heterocycles. The Labute approximate surface area is 86.2 Å². The Kier molecular flexibility index (Phi) is 4.37. The van der Waals surface area contributed by atoms with Gasteiger partial charge in [-0.05, 0) is 0 Å². The average Bonchev–Trinajstić information content (AvgIpc) is 2.76. The molecule has 0 spiro atoms. The van der Waals surface area contributed by atoms with Crippen molar-refractivity contribution in [1.29, 1.82) is 0 Å². The molecule has 1 aromatic carbocycles. The number of ether oxygens (including phenoxy) is 1. The van der Waals surface area contributed by atoms with Gasteiger partial charge in [-0.2, -0.15) is 13.2 Å². The summed E-state index contributed by atoms with van der Waals surface area (Å²) in [4.78, 5) is 0. The highest BCUT2D eigenvalue weighted by Crippen LogP contribution is 2.28. The highest BCUT2D eigenvalue weighted by Gasteiger charge is 2.29. The number of alkyl halides is 3. The Balaban J connectivity index is 0.000000187. The van der Waals surface area contributed by atoms with Crippen LogP contribution in [0.4, 0.5) is 13.2 Å². The zero-order chi connectivity index (χ0) is 11.1. The number of halogens is 3. The number of hydrogen-bond donors (Lipinski definition) is 0. The van der Waals surface area contributed by atoms with E-state index in [1.165, 1.54) is 12.1 Å². The molecule has 1 aromatic rings. The maximum atomic E-state index is 11.8. The first-order valence-corrected chi connectivity index (χ1v) is 4.45. The monoisotopic (exact) mass is 216 g/mol. The minimum Gasteiger partial charge on any atom is -0.373 e. The largest absolute Gasteiger partial charge is 0.416 e. The molecule has 0 atom stereocenters. The summed E-state index contributed by atoms with van der Waals surface area (Å²) in [5.41, 5.74) is -0.602. The van der Waals surface area contributed by atoms with Gasteiger partial charge >= 0.3 is 6.18 Å². The quantitative estimate of drug-likeness (QED) is 0.605. The fraction of sp³-hybridized carbons (Fsp3) is 0.273. The third kappa shape index (κ3) is 4.65. The van der Waals surface area contributed by atoms with Gasteiger partial charge in [-0.1, -0.05) is 42.5 Å². The lowest BCUT2D eigenvalue weighted by molar-refractivity contribution is -0.137. The minimum atomic E-state index is -4.21. The molecule has 0 saturated heterocycles. The molecule has 0 aromatic heterocycles. The molecule has 1 aliphatic rings. The number of hydrogen-bond acceptors (Lipinski definition) is 1. The summed E-state index contributed by atoms with van der Waals surface area (Å²) >= 11 is 0. The van der Waals surface area contributed by atoms with Crippen LogP contribution in [0.3, 0.4) is 0 Å². The Morgan fingerprint density at radius 1 is 0.933 bits per heavy atom. The summed E-state index contributed by atoms with van der Waals surface area (Å²) < 4.78 is 40.2. The summed E-state index contributed by atoms with van der Waals surface area (Å²) in [6.45, 7) is 1.64. The van der Waals surface area contributed by atoms with Gasteiger partial charge in [0.25, 0.3) is 0 Å². The van der Waals surface area contributed by atoms with Crippen LogP contribution in [0.1, 0.15) is 5.56 Å². The van der Waals surface area contributed by atoms with E-state index in [0.29, 0.717) is 0 Å². The fourth-order valence-corrected chi connectivity index (χ4v) is 0.967. The van der Waals surface area contributed by atoms with Gasteiger partial charge in [-0.3, -0.25) is 0 Å². The first-order chi connectivity index (χ1) is 7.11. The first-order valence-electron chi connectivity index (χ1n) is 4.45. The standard InChI is InChI=1S/C7H5F3.C4H6O/c8-7(9,10)6-4-2-1-3-5-6;1-2-4-5-3-1/h1-5H;1-2H,3-4H2. The van der Waals surface area contributed by atoms with Crippen molar-refractivity contribution in [3.63, 3.8) is 0 Å². The predicted molar refractivity (Wildman–Crippen MR) is 51.4 cm³/mol. The molecule has 0 N–H and O–H groups in total. The van der Waals surface area contributed by atoms with Crippen molar-refractivity contribution >= 4 is 0 Å². The van der Waals surface area contributed by atoms with Crippen LogP contribution in [0.2, 0.25) is 0 Å². The fourth-order valence-electron chi connectivity index (χ4n) is 0.967. The molecule has 1 nitrogen and oxygen atoms in total. The van der Waals surface area contributed by atoms with Crippen molar-refractivity contribution < 1.29 is 17.9 Å². The Hall–Kier alpha value is -1.29. The zero-order valence-corrected chi connectivity index (χ0v) is 8.00. The minimum absolute atomic E-state index is 0.602. The van der Waals surface area contributed by atoms with Crippen LogP contribution >= 0.6 is 0 Å². The van der Waals surface area contributed by atoms with E-state index in [1.54, 1.807) is 6.07 Å². The first kappa shape index (κ1) is 11.8. The van der Waals surface area contributed by atoms with Crippen molar-refractivity contribution in [1.82, 2.24) is 0 Å². The Morgan fingerprint density at radius 2 is 1.47 bits per heavy atom. The van der Waals surface area contributed by atoms with E-state index >= 15 is 0 Å². The molecular formula is C11H11F3O. The van der Waals surface area contributed by atoms with Gasteiger partial charge in [-0.15, -0.1) is 0 Å². The maximum absolute atomic E-state index is 11.8. The van der Waals surface area contributed by atoms with Gasteiger partial charge in [0.1, 0.15) is 0 Å². The third-order valence-corrected chi connectivity index (χ3v) is 1.70. The van der Waals surface area contributed by atoms with Gasteiger partial charge < -0.3 is 4.74 Å². The topological polar surface area (TPSA) is 9.23 Å². The van der Waals surface area contributed by atoms with E-state index in [2.05, 4.69) is 0 Å². The normalized spacial score (nSPS) is 14.6. The third-order valence-electron chi connectivity index (χ3n) is 1.70. The molecule has 0 bridgehead atoms. The molecule has 1 aliphatic heterocycles. The van der Waals surface area contributed by atoms with Crippen LogP contribution in [0.15, 0.2) is 42.5 Å². The van der Waals surface area contributed by atoms with Gasteiger partial charge in [0.15, 0.2) is 0 Å². The van der Waals surface area contributed by atoms with Crippen molar-refractivity contribution in [2.75, 3.05) is 13.2 Å². The summed E-state index contributed by atoms with van der Waals surface area (Å²) in [7, 11) is 0. The van der Waals surface area contributed by atoms with Crippen LogP contribution in [-0.2, 0) is 10.9 Å². The summed E-state index contributed by atoms with van der Waals surface area (Å²) in [6, 6.07) is 6.36. The summed E-state index contributed by atoms with van der Waals surface area (Å²) in [6.07, 6.45) is -0.179. The van der Waals surface area contributed by atoms with E-state index in [0.717, 1.165) is 25.3 Å². The lowest BCUT2D eigenvalue weighted by Gasteiger charge is -2.03. The number of rotatable bonds is 0. The van der Waals surface area contributed by atoms with Crippen LogP contribution in [0, 0.1) is 0 Å². The predicted octanol–water partition coefficient (Wildman–Crippen LogP) is 3.28. The molecule has 4 heteroatoms. The zero-order valence-electron chi connectivity index (χ0n) is 8.00. The Bertz CT molecular complexity index is 297. The molecule has 0 saturated carbocycles. The van der Waals surface area contributed by atoms with Crippen molar-refractivity contribution in [3.05, 3.63) is 48.0 Å². The second-order valence-corrected chi connectivity index (χ2v) is 2.87. The average molecular weight is 216 g/mol. The van der Waals surface area contributed by atoms with E-state index in [-0.39, 0.29) is 0 Å². The smallest absolute Gasteiger partial charge is 0.373 e. The summed E-state index contributed by atoms with van der Waals surface area (Å²) in [5, 5.41) is 0. The molecule has 82 valence electrons. The van der Waals surface area contributed by atoms with Gasteiger partial charge in [0.05, 0.1) is 18.8 Å². The molecule has 0 fully saturated rings. The van der Waals surface area contributed by atoms with E-state index in [1.807, 2.05) is 12.2 Å². The van der Waals surface area contributed by atoms with E-state index in [4.69, 9.17) is 4.74 Å². The lowest BCUT2D eigenvalue weighted by atomic mass is 10.2. The van der Waals surface area contributed by atoms with Crippen LogP contribution in [-0.4, -0.2) is 13.2 Å². The second kappa shape index (κ2) is 5.56. The Morgan fingerprint density at radius 3 is 1.73 bits per heavy atom. The molecule has 0 unspecified atom stereocenters. The van der Waals surface area contributed by atoms with Crippen LogP contribution in [0.5, 0.6) is 0 Å². The molecular weight excluding hydrogens is 205 g/mol. The van der Waals surface area contributed by atoms with Crippen molar-refractivity contribution in [3.8, 4) is 0 Å². The molecule has 15 heavy (non-hydrogen) atoms. The maximum Gasteiger partial charge on any atom is 0.416 e. The van der Waals surface area contributed by atoms with Crippen LogP contribution in [0.25, 0.3) is 0 Å². The van der Waals surface area contributed by atoms with E-state index in [9.17, 15) is 13.2 Å². The molecule has 0 amide bonds. The van der Waals surface area contributed by atoms with Gasteiger partial charge in [-0.25, -0.2) is 0 Å². The van der Waals surface area contributed by atoms with Gasteiger partial charge in [0.2, 0.25) is 0 Å². The van der Waals surface area contributed by atoms with E-state index < -0.39 is 11.7 Å². The second-order valence-electron chi connectivity index (χ2n) is 2.87. The molecule has 2 rings (SSSR count). The van der Waals surface area contributed by atoms with Crippen molar-refractivity contribution in [2.24, 2.45) is 0 Å². The lowest BCUT2D eigenvalue weighted by Crippen LogP contribution is -2.03. The SMILES string of the molecule is C1=CCOC1.FC(F)(F)c1ccccc1. The molecule has 0 radical (unpaired) electrons. The van der Waals surface area contributed by atoms with Gasteiger partial charge in [0, 0.05) is 0 Å². The number of benzene rings is 1. The van der Waals surface area contributed by atoms with Crippen LogP contribution < -0.4 is 0 Å². The summed E-state index contributed by atoms with van der Waals surface area (Å²) in [5.74, 6) is 0. The highest BCUT2D eigenvalue weighted by atomic mass is 19.4.